The summed E-state index contributed by atoms with van der Waals surface area (Å²) in [6.07, 6.45) is 0. The summed E-state index contributed by atoms with van der Waals surface area (Å²) >= 11 is 3.60. The zero-order valence-electron chi connectivity index (χ0n) is 15.3. The van der Waals surface area contributed by atoms with Crippen LogP contribution in [0, 0.1) is 6.92 Å². The molecule has 142 valence electrons. The molecule has 0 spiro atoms. The van der Waals surface area contributed by atoms with Gasteiger partial charge in [-0.05, 0) is 24.6 Å². The van der Waals surface area contributed by atoms with Crippen molar-refractivity contribution >= 4 is 15.9 Å². The van der Waals surface area contributed by atoms with Crippen LogP contribution in [0.3, 0.4) is 0 Å². The molecule has 5 nitrogen and oxygen atoms in total. The maximum absolute atomic E-state index is 8.72. The normalized spacial score (nSPS) is 10.8. The number of ether oxygens (including phenoxy) is 3. The maximum atomic E-state index is 8.72. The fourth-order valence-electron chi connectivity index (χ4n) is 2.55. The first-order valence-electron chi connectivity index (χ1n) is 8.58. The van der Waals surface area contributed by atoms with Gasteiger partial charge in [-0.3, -0.25) is 0 Å². The SMILES string of the molecule is COc1ccc(Br)c(CNCCOCCO)c1OCc1cccc(C)c1. The van der Waals surface area contributed by atoms with Crippen molar-refractivity contribution in [1.82, 2.24) is 5.32 Å². The number of rotatable bonds is 11. The second kappa shape index (κ2) is 11.2. The van der Waals surface area contributed by atoms with Crippen LogP contribution < -0.4 is 14.8 Å². The zero-order valence-corrected chi connectivity index (χ0v) is 16.8. The van der Waals surface area contributed by atoms with Gasteiger partial charge in [0.05, 0.1) is 26.9 Å². The van der Waals surface area contributed by atoms with Crippen molar-refractivity contribution in [3.05, 3.63) is 57.6 Å². The standard InChI is InChI=1S/C20H26BrNO4/c1-15-4-3-5-16(12-15)14-26-20-17(13-22-8-10-25-11-9-23)18(21)6-7-19(20)24-2/h3-7,12,22-23H,8-11,13-14H2,1-2H3. The summed E-state index contributed by atoms with van der Waals surface area (Å²) < 4.78 is 17.8. The summed E-state index contributed by atoms with van der Waals surface area (Å²) in [5, 5.41) is 12.0. The molecule has 0 radical (unpaired) electrons. The minimum atomic E-state index is 0.0401. The van der Waals surface area contributed by atoms with Crippen molar-refractivity contribution in [3.8, 4) is 11.5 Å². The highest BCUT2D eigenvalue weighted by atomic mass is 79.9. The molecule has 0 atom stereocenters. The van der Waals surface area contributed by atoms with E-state index in [4.69, 9.17) is 19.3 Å². The van der Waals surface area contributed by atoms with Gasteiger partial charge in [0.25, 0.3) is 0 Å². The first-order chi connectivity index (χ1) is 12.7. The van der Waals surface area contributed by atoms with Crippen LogP contribution in [0.15, 0.2) is 40.9 Å². The molecule has 0 amide bonds. The van der Waals surface area contributed by atoms with Gasteiger partial charge >= 0.3 is 0 Å². The van der Waals surface area contributed by atoms with E-state index in [2.05, 4.69) is 40.3 Å². The summed E-state index contributed by atoms with van der Waals surface area (Å²) in [6, 6.07) is 12.1. The van der Waals surface area contributed by atoms with E-state index in [0.29, 0.717) is 38.7 Å². The van der Waals surface area contributed by atoms with Gasteiger partial charge < -0.3 is 24.6 Å². The van der Waals surface area contributed by atoms with Gasteiger partial charge in [-0.2, -0.15) is 0 Å². The highest BCUT2D eigenvalue weighted by molar-refractivity contribution is 9.10. The van der Waals surface area contributed by atoms with Crippen LogP contribution >= 0.6 is 15.9 Å². The molecule has 26 heavy (non-hydrogen) atoms. The number of hydrogen-bond acceptors (Lipinski definition) is 5. The topological polar surface area (TPSA) is 60.0 Å². The predicted molar refractivity (Wildman–Crippen MR) is 106 cm³/mol. The third-order valence-corrected chi connectivity index (χ3v) is 4.56. The quantitative estimate of drug-likeness (QED) is 0.542. The third-order valence-electron chi connectivity index (χ3n) is 3.81. The highest BCUT2D eigenvalue weighted by Crippen LogP contribution is 2.36. The molecule has 0 saturated carbocycles. The Morgan fingerprint density at radius 3 is 2.73 bits per heavy atom. The second-order valence-corrected chi connectivity index (χ2v) is 6.70. The van der Waals surface area contributed by atoms with Gasteiger partial charge in [-0.1, -0.05) is 45.8 Å². The number of benzene rings is 2. The monoisotopic (exact) mass is 423 g/mol. The molecular formula is C20H26BrNO4. The number of aliphatic hydroxyl groups excluding tert-OH is 1. The number of aryl methyl sites for hydroxylation is 1. The van der Waals surface area contributed by atoms with E-state index in [9.17, 15) is 0 Å². The Kier molecular flexibility index (Phi) is 8.91. The van der Waals surface area contributed by atoms with Crippen LogP contribution in [0.25, 0.3) is 0 Å². The third kappa shape index (κ3) is 6.29. The van der Waals surface area contributed by atoms with Crippen molar-refractivity contribution in [2.45, 2.75) is 20.1 Å². The van der Waals surface area contributed by atoms with Gasteiger partial charge in [-0.15, -0.1) is 0 Å². The van der Waals surface area contributed by atoms with Crippen LogP contribution in [0.2, 0.25) is 0 Å². The Hall–Kier alpha value is -1.60. The zero-order chi connectivity index (χ0) is 18.8. The van der Waals surface area contributed by atoms with Crippen molar-refractivity contribution in [2.75, 3.05) is 33.5 Å². The van der Waals surface area contributed by atoms with Crippen LogP contribution in [-0.2, 0) is 17.9 Å². The molecule has 2 aromatic carbocycles. The van der Waals surface area contributed by atoms with E-state index in [1.54, 1.807) is 7.11 Å². The van der Waals surface area contributed by atoms with Gasteiger partial charge in [0, 0.05) is 23.1 Å². The van der Waals surface area contributed by atoms with E-state index >= 15 is 0 Å². The Balaban J connectivity index is 2.06. The molecule has 0 bridgehead atoms. The molecule has 6 heteroatoms. The van der Waals surface area contributed by atoms with Gasteiger partial charge in [0.15, 0.2) is 11.5 Å². The summed E-state index contributed by atoms with van der Waals surface area (Å²) in [5.74, 6) is 1.43. The lowest BCUT2D eigenvalue weighted by Gasteiger charge is -2.17. The number of aliphatic hydroxyl groups is 1. The van der Waals surface area contributed by atoms with Crippen LogP contribution in [0.1, 0.15) is 16.7 Å². The van der Waals surface area contributed by atoms with E-state index in [1.165, 1.54) is 5.56 Å². The molecule has 0 aliphatic carbocycles. The average Bonchev–Trinajstić information content (AvgIpc) is 2.64. The Bertz CT molecular complexity index is 694. The molecule has 0 aliphatic heterocycles. The fourth-order valence-corrected chi connectivity index (χ4v) is 3.00. The Labute approximate surface area is 163 Å². The van der Waals surface area contributed by atoms with E-state index in [-0.39, 0.29) is 6.61 Å². The lowest BCUT2D eigenvalue weighted by Crippen LogP contribution is -2.20. The summed E-state index contributed by atoms with van der Waals surface area (Å²) in [4.78, 5) is 0. The molecule has 2 rings (SSSR count). The summed E-state index contributed by atoms with van der Waals surface area (Å²) in [5.41, 5.74) is 3.32. The molecule has 0 saturated heterocycles. The Morgan fingerprint density at radius 2 is 2.00 bits per heavy atom. The van der Waals surface area contributed by atoms with E-state index < -0.39 is 0 Å². The second-order valence-electron chi connectivity index (χ2n) is 5.85. The number of nitrogens with one attached hydrogen (secondary N) is 1. The smallest absolute Gasteiger partial charge is 0.167 e. The lowest BCUT2D eigenvalue weighted by atomic mass is 10.1. The molecular weight excluding hydrogens is 398 g/mol. The van der Waals surface area contributed by atoms with E-state index in [1.807, 2.05) is 24.3 Å². The van der Waals surface area contributed by atoms with Crippen molar-refractivity contribution in [2.24, 2.45) is 0 Å². The summed E-state index contributed by atoms with van der Waals surface area (Å²) in [6.45, 7) is 4.78. The minimum absolute atomic E-state index is 0.0401. The predicted octanol–water partition coefficient (Wildman–Crippen LogP) is 3.44. The average molecular weight is 424 g/mol. The first-order valence-corrected chi connectivity index (χ1v) is 9.38. The van der Waals surface area contributed by atoms with Crippen molar-refractivity contribution < 1.29 is 19.3 Å². The summed E-state index contributed by atoms with van der Waals surface area (Å²) in [7, 11) is 1.64. The maximum Gasteiger partial charge on any atom is 0.167 e. The van der Waals surface area contributed by atoms with Crippen LogP contribution in [0.5, 0.6) is 11.5 Å². The van der Waals surface area contributed by atoms with Crippen molar-refractivity contribution in [3.63, 3.8) is 0 Å². The molecule has 0 fully saturated rings. The lowest BCUT2D eigenvalue weighted by molar-refractivity contribution is 0.0937. The Morgan fingerprint density at radius 1 is 1.15 bits per heavy atom. The van der Waals surface area contributed by atoms with E-state index in [0.717, 1.165) is 21.3 Å². The van der Waals surface area contributed by atoms with Crippen molar-refractivity contribution in [1.29, 1.82) is 0 Å². The first kappa shape index (κ1) is 20.7. The van der Waals surface area contributed by atoms with Crippen LogP contribution in [0.4, 0.5) is 0 Å². The number of hydrogen-bond donors (Lipinski definition) is 2. The molecule has 0 heterocycles. The molecule has 0 aliphatic rings. The molecule has 2 aromatic rings. The molecule has 2 N–H and O–H groups in total. The highest BCUT2D eigenvalue weighted by Gasteiger charge is 2.14. The molecule has 0 unspecified atom stereocenters. The number of halogens is 1. The fraction of sp³-hybridized carbons (Fsp3) is 0.400. The van der Waals surface area contributed by atoms with Gasteiger partial charge in [0.1, 0.15) is 6.61 Å². The van der Waals surface area contributed by atoms with Gasteiger partial charge in [0.2, 0.25) is 0 Å². The van der Waals surface area contributed by atoms with Crippen LogP contribution in [-0.4, -0.2) is 38.6 Å². The minimum Gasteiger partial charge on any atom is -0.493 e. The number of methoxy groups -OCH3 is 1. The molecule has 0 aromatic heterocycles. The van der Waals surface area contributed by atoms with Gasteiger partial charge in [-0.25, -0.2) is 0 Å². The largest absolute Gasteiger partial charge is 0.493 e.